The van der Waals surface area contributed by atoms with Gasteiger partial charge in [-0.25, -0.2) is 8.42 Å². The fourth-order valence-corrected chi connectivity index (χ4v) is 3.17. The summed E-state index contributed by atoms with van der Waals surface area (Å²) in [5.74, 6) is -0.0862. The third-order valence-electron chi connectivity index (χ3n) is 2.08. The lowest BCUT2D eigenvalue weighted by Crippen LogP contribution is -2.19. The van der Waals surface area contributed by atoms with Crippen LogP contribution in [0.1, 0.15) is 12.8 Å². The van der Waals surface area contributed by atoms with Crippen molar-refractivity contribution in [2.75, 3.05) is 18.1 Å². The molecule has 0 aromatic heterocycles. The molecule has 1 aliphatic heterocycles. The molecule has 0 amide bonds. The topological polar surface area (TPSA) is 77.2 Å². The van der Waals surface area contributed by atoms with Crippen molar-refractivity contribution in [1.29, 1.82) is 0 Å². The summed E-state index contributed by atoms with van der Waals surface area (Å²) in [5, 5.41) is 0. The van der Waals surface area contributed by atoms with Gasteiger partial charge in [0.2, 0.25) is 0 Å². The van der Waals surface area contributed by atoms with Gasteiger partial charge in [0, 0.05) is 12.3 Å². The third-order valence-corrected chi connectivity index (χ3v) is 3.85. The minimum absolute atomic E-state index is 0.00132. The molecule has 0 aromatic rings. The number of carbonyl (C=O) groups is 1. The summed E-state index contributed by atoms with van der Waals surface area (Å²) in [6.07, 6.45) is 0.793. The van der Waals surface area contributed by atoms with Crippen LogP contribution in [0.5, 0.6) is 0 Å². The molecular weight excluding hydrogens is 178 g/mol. The van der Waals surface area contributed by atoms with E-state index in [0.29, 0.717) is 19.4 Å². The van der Waals surface area contributed by atoms with Crippen molar-refractivity contribution in [3.8, 4) is 0 Å². The molecule has 4 nitrogen and oxygen atoms in total. The van der Waals surface area contributed by atoms with Gasteiger partial charge in [-0.2, -0.15) is 0 Å². The second-order valence-electron chi connectivity index (χ2n) is 3.10. The first kappa shape index (κ1) is 9.67. The summed E-state index contributed by atoms with van der Waals surface area (Å²) in [5.41, 5.74) is 5.19. The molecule has 1 aliphatic rings. The fourth-order valence-electron chi connectivity index (χ4n) is 1.40. The van der Waals surface area contributed by atoms with E-state index in [9.17, 15) is 13.2 Å². The van der Waals surface area contributed by atoms with Gasteiger partial charge >= 0.3 is 0 Å². The standard InChI is InChI=1S/C7H13NO3S/c8-3-1-7(9)6-2-4-12(10,11)5-6/h6H,1-5,8H2. The van der Waals surface area contributed by atoms with E-state index < -0.39 is 9.84 Å². The lowest BCUT2D eigenvalue weighted by Gasteiger charge is -2.03. The normalized spacial score (nSPS) is 27.2. The summed E-state index contributed by atoms with van der Waals surface area (Å²) in [7, 11) is -2.92. The highest BCUT2D eigenvalue weighted by Gasteiger charge is 2.31. The number of sulfone groups is 1. The highest BCUT2D eigenvalue weighted by molar-refractivity contribution is 7.91. The summed E-state index contributed by atoms with van der Waals surface area (Å²) in [6.45, 7) is 0.315. The van der Waals surface area contributed by atoms with E-state index in [1.807, 2.05) is 0 Å². The van der Waals surface area contributed by atoms with Gasteiger partial charge in [0.1, 0.15) is 5.78 Å². The van der Waals surface area contributed by atoms with E-state index in [4.69, 9.17) is 5.73 Å². The highest BCUT2D eigenvalue weighted by atomic mass is 32.2. The SMILES string of the molecule is NCCC(=O)C1CCS(=O)(=O)C1. The van der Waals surface area contributed by atoms with Gasteiger partial charge in [0.05, 0.1) is 11.5 Å². The van der Waals surface area contributed by atoms with Crippen LogP contribution < -0.4 is 5.73 Å². The molecule has 12 heavy (non-hydrogen) atoms. The summed E-state index contributed by atoms with van der Waals surface area (Å²) in [6, 6.07) is 0. The Labute approximate surface area is 72.0 Å². The van der Waals surface area contributed by atoms with E-state index in [-0.39, 0.29) is 23.2 Å². The Morgan fingerprint density at radius 2 is 2.17 bits per heavy atom. The first-order valence-electron chi connectivity index (χ1n) is 3.98. The lowest BCUT2D eigenvalue weighted by atomic mass is 10.0. The number of Topliss-reactive ketones (excluding diaryl/α,β-unsaturated/α-hetero) is 1. The molecule has 5 heteroatoms. The zero-order valence-electron chi connectivity index (χ0n) is 6.82. The first-order chi connectivity index (χ1) is 5.55. The van der Waals surface area contributed by atoms with Crippen LogP contribution in [0.15, 0.2) is 0 Å². The Bertz CT molecular complexity index is 270. The van der Waals surface area contributed by atoms with Crippen LogP contribution in [-0.4, -0.2) is 32.3 Å². The van der Waals surface area contributed by atoms with Gasteiger partial charge in [-0.05, 0) is 13.0 Å². The first-order valence-corrected chi connectivity index (χ1v) is 5.80. The van der Waals surface area contributed by atoms with E-state index in [1.165, 1.54) is 0 Å². The van der Waals surface area contributed by atoms with Gasteiger partial charge < -0.3 is 5.73 Å². The Balaban J connectivity index is 2.53. The summed E-state index contributed by atoms with van der Waals surface area (Å²) >= 11 is 0. The van der Waals surface area contributed by atoms with E-state index in [1.54, 1.807) is 0 Å². The second-order valence-corrected chi connectivity index (χ2v) is 5.33. The zero-order chi connectivity index (χ0) is 9.19. The number of nitrogens with two attached hydrogens (primary N) is 1. The quantitative estimate of drug-likeness (QED) is 0.642. The summed E-state index contributed by atoms with van der Waals surface area (Å²) in [4.78, 5) is 11.2. The smallest absolute Gasteiger partial charge is 0.151 e. The summed E-state index contributed by atoms with van der Waals surface area (Å²) < 4.78 is 21.9. The monoisotopic (exact) mass is 191 g/mol. The molecule has 0 radical (unpaired) electrons. The molecule has 0 aliphatic carbocycles. The van der Waals surface area contributed by atoms with Crippen LogP contribution in [0.25, 0.3) is 0 Å². The third kappa shape index (κ3) is 2.28. The maximum atomic E-state index is 11.2. The Morgan fingerprint density at radius 3 is 2.58 bits per heavy atom. The van der Waals surface area contributed by atoms with Gasteiger partial charge in [0.15, 0.2) is 9.84 Å². The Hall–Kier alpha value is -0.420. The van der Waals surface area contributed by atoms with Crippen LogP contribution in [-0.2, 0) is 14.6 Å². The van der Waals surface area contributed by atoms with Crippen molar-refractivity contribution in [3.63, 3.8) is 0 Å². The van der Waals surface area contributed by atoms with E-state index >= 15 is 0 Å². The van der Waals surface area contributed by atoms with Crippen molar-refractivity contribution in [2.45, 2.75) is 12.8 Å². The van der Waals surface area contributed by atoms with Gasteiger partial charge in [-0.3, -0.25) is 4.79 Å². The zero-order valence-corrected chi connectivity index (χ0v) is 7.64. The number of hydrogen-bond donors (Lipinski definition) is 1. The van der Waals surface area contributed by atoms with Crippen molar-refractivity contribution in [1.82, 2.24) is 0 Å². The van der Waals surface area contributed by atoms with Gasteiger partial charge in [-0.1, -0.05) is 0 Å². The predicted molar refractivity (Wildman–Crippen MR) is 45.4 cm³/mol. The van der Waals surface area contributed by atoms with Gasteiger partial charge in [-0.15, -0.1) is 0 Å². The second kappa shape index (κ2) is 3.53. The van der Waals surface area contributed by atoms with Crippen LogP contribution in [0, 0.1) is 5.92 Å². The molecular formula is C7H13NO3S. The number of rotatable bonds is 3. The van der Waals surface area contributed by atoms with E-state index in [0.717, 1.165) is 0 Å². The fraction of sp³-hybridized carbons (Fsp3) is 0.857. The molecule has 1 unspecified atom stereocenters. The Morgan fingerprint density at radius 1 is 1.50 bits per heavy atom. The molecule has 70 valence electrons. The van der Waals surface area contributed by atoms with Crippen molar-refractivity contribution < 1.29 is 13.2 Å². The average molecular weight is 191 g/mol. The molecule has 1 fully saturated rings. The minimum Gasteiger partial charge on any atom is -0.330 e. The predicted octanol–water partition coefficient (Wildman–Crippen LogP) is -0.661. The molecule has 0 saturated carbocycles. The molecule has 1 atom stereocenters. The molecule has 1 rings (SSSR count). The number of hydrogen-bond acceptors (Lipinski definition) is 4. The Kier molecular flexibility index (Phi) is 2.85. The molecule has 2 N–H and O–H groups in total. The van der Waals surface area contributed by atoms with Crippen molar-refractivity contribution >= 4 is 15.6 Å². The lowest BCUT2D eigenvalue weighted by molar-refractivity contribution is -0.121. The maximum Gasteiger partial charge on any atom is 0.151 e. The van der Waals surface area contributed by atoms with Gasteiger partial charge in [0.25, 0.3) is 0 Å². The number of carbonyl (C=O) groups excluding carboxylic acids is 1. The van der Waals surface area contributed by atoms with E-state index in [2.05, 4.69) is 0 Å². The maximum absolute atomic E-state index is 11.2. The average Bonchev–Trinajstić information content (AvgIpc) is 2.31. The molecule has 0 spiro atoms. The molecule has 0 bridgehead atoms. The molecule has 1 heterocycles. The van der Waals surface area contributed by atoms with Crippen molar-refractivity contribution in [3.05, 3.63) is 0 Å². The minimum atomic E-state index is -2.92. The molecule has 0 aromatic carbocycles. The van der Waals surface area contributed by atoms with Crippen molar-refractivity contribution in [2.24, 2.45) is 11.7 Å². The van der Waals surface area contributed by atoms with Crippen LogP contribution in [0.3, 0.4) is 0 Å². The van der Waals surface area contributed by atoms with Crippen LogP contribution in [0.2, 0.25) is 0 Å². The van der Waals surface area contributed by atoms with Crippen LogP contribution >= 0.6 is 0 Å². The largest absolute Gasteiger partial charge is 0.330 e. The number of ketones is 1. The van der Waals surface area contributed by atoms with Crippen LogP contribution in [0.4, 0.5) is 0 Å². The highest BCUT2D eigenvalue weighted by Crippen LogP contribution is 2.19. The molecule has 1 saturated heterocycles.